The average molecular weight is 499 g/mol. The number of amides is 1. The van der Waals surface area contributed by atoms with E-state index in [0.717, 1.165) is 66.0 Å². The molecule has 2 bridgehead atoms. The predicted molar refractivity (Wildman–Crippen MR) is 143 cm³/mol. The Balaban J connectivity index is 1.35. The Morgan fingerprint density at radius 1 is 1.19 bits per heavy atom. The zero-order valence-corrected chi connectivity index (χ0v) is 21.8. The van der Waals surface area contributed by atoms with Gasteiger partial charge in [0, 0.05) is 47.4 Å². The molecule has 4 aromatic rings. The normalized spacial score (nSPS) is 23.0. The standard InChI is InChI=1S/C29H34N6O2/c1-4-21-8-7-19-11-23(33(27(19)31-21)15-18-5-6-18)26-17(2)35-24(32-26)12-20(13-25(35)37-3)28(36)34-16-29(30)10-9-22(34)14-29/h7-8,11-13,18,22H,4-6,9-10,14-16,30H2,1-3H3/t22-,29-/m1/s1. The van der Waals surface area contributed by atoms with E-state index in [-0.39, 0.29) is 17.5 Å². The molecule has 0 radical (unpaired) electrons. The lowest BCUT2D eigenvalue weighted by Crippen LogP contribution is -2.46. The van der Waals surface area contributed by atoms with Crippen molar-refractivity contribution < 1.29 is 9.53 Å². The van der Waals surface area contributed by atoms with Crippen molar-refractivity contribution >= 4 is 22.6 Å². The van der Waals surface area contributed by atoms with Crippen LogP contribution in [0.1, 0.15) is 60.8 Å². The second-order valence-electron chi connectivity index (χ2n) is 11.4. The Hall–Kier alpha value is -3.39. The molecule has 0 aromatic carbocycles. The number of carbonyl (C=O) groups excluding carboxylic acids is 1. The van der Waals surface area contributed by atoms with E-state index in [9.17, 15) is 4.79 Å². The monoisotopic (exact) mass is 498 g/mol. The number of imidazole rings is 1. The fourth-order valence-electron chi connectivity index (χ4n) is 6.50. The van der Waals surface area contributed by atoms with E-state index in [0.29, 0.717) is 29.6 Å². The van der Waals surface area contributed by atoms with Gasteiger partial charge in [-0.3, -0.25) is 9.20 Å². The van der Waals surface area contributed by atoms with Crippen LogP contribution in [0.5, 0.6) is 5.88 Å². The number of nitrogens with two attached hydrogens (primary N) is 1. The van der Waals surface area contributed by atoms with Gasteiger partial charge in [0.05, 0.1) is 18.5 Å². The Morgan fingerprint density at radius 2 is 2.03 bits per heavy atom. The molecule has 0 unspecified atom stereocenters. The van der Waals surface area contributed by atoms with Gasteiger partial charge in [-0.1, -0.05) is 6.92 Å². The van der Waals surface area contributed by atoms with Crippen molar-refractivity contribution in [3.05, 3.63) is 47.3 Å². The third-order valence-corrected chi connectivity index (χ3v) is 8.72. The highest BCUT2D eigenvalue weighted by Crippen LogP contribution is 2.41. The van der Waals surface area contributed by atoms with Crippen LogP contribution in [0, 0.1) is 12.8 Å². The summed E-state index contributed by atoms with van der Waals surface area (Å²) in [6, 6.07) is 10.5. The molecule has 192 valence electrons. The van der Waals surface area contributed by atoms with Gasteiger partial charge in [0.25, 0.3) is 5.91 Å². The predicted octanol–water partition coefficient (Wildman–Crippen LogP) is 4.35. The molecule has 1 saturated heterocycles. The number of ether oxygens (including phenoxy) is 1. The third kappa shape index (κ3) is 3.56. The molecule has 2 atom stereocenters. The first kappa shape index (κ1) is 22.8. The van der Waals surface area contributed by atoms with E-state index in [4.69, 9.17) is 20.4 Å². The van der Waals surface area contributed by atoms with Crippen LogP contribution in [0.4, 0.5) is 0 Å². The van der Waals surface area contributed by atoms with Crippen LogP contribution in [0.3, 0.4) is 0 Å². The summed E-state index contributed by atoms with van der Waals surface area (Å²) < 4.78 is 10.2. The molecule has 37 heavy (non-hydrogen) atoms. The smallest absolute Gasteiger partial charge is 0.254 e. The maximum absolute atomic E-state index is 13.6. The molecule has 5 heterocycles. The lowest BCUT2D eigenvalue weighted by molar-refractivity contribution is 0.0695. The quantitative estimate of drug-likeness (QED) is 0.427. The molecule has 1 amide bonds. The van der Waals surface area contributed by atoms with Gasteiger partial charge in [0.1, 0.15) is 17.0 Å². The Bertz CT molecular complexity index is 1560. The largest absolute Gasteiger partial charge is 0.482 e. The first-order valence-corrected chi connectivity index (χ1v) is 13.5. The minimum absolute atomic E-state index is 0.0131. The summed E-state index contributed by atoms with van der Waals surface area (Å²) in [6.07, 6.45) is 6.30. The van der Waals surface area contributed by atoms with Crippen LogP contribution in [-0.4, -0.2) is 55.0 Å². The number of aromatic nitrogens is 4. The van der Waals surface area contributed by atoms with Crippen molar-refractivity contribution in [2.24, 2.45) is 11.7 Å². The molecular weight excluding hydrogens is 464 g/mol. The number of hydrogen-bond donors (Lipinski definition) is 1. The number of likely N-dealkylation sites (tertiary alicyclic amines) is 1. The van der Waals surface area contributed by atoms with Gasteiger partial charge in [-0.2, -0.15) is 0 Å². The van der Waals surface area contributed by atoms with Crippen LogP contribution < -0.4 is 10.5 Å². The maximum Gasteiger partial charge on any atom is 0.254 e. The lowest BCUT2D eigenvalue weighted by Gasteiger charge is -2.30. The van der Waals surface area contributed by atoms with Crippen LogP contribution in [0.25, 0.3) is 28.1 Å². The van der Waals surface area contributed by atoms with E-state index in [2.05, 4.69) is 36.6 Å². The first-order chi connectivity index (χ1) is 17.9. The summed E-state index contributed by atoms with van der Waals surface area (Å²) in [7, 11) is 1.65. The number of hydrogen-bond acceptors (Lipinski definition) is 5. The highest BCUT2D eigenvalue weighted by molar-refractivity contribution is 5.96. The summed E-state index contributed by atoms with van der Waals surface area (Å²) in [5.74, 6) is 1.32. The molecule has 8 nitrogen and oxygen atoms in total. The molecule has 2 saturated carbocycles. The van der Waals surface area contributed by atoms with Crippen LogP contribution in [-0.2, 0) is 13.0 Å². The van der Waals surface area contributed by atoms with Gasteiger partial charge in [-0.25, -0.2) is 9.97 Å². The molecule has 8 heteroatoms. The maximum atomic E-state index is 13.6. The third-order valence-electron chi connectivity index (χ3n) is 8.72. The Kier molecular flexibility index (Phi) is 4.96. The molecule has 1 aliphatic heterocycles. The van der Waals surface area contributed by atoms with E-state index in [1.165, 1.54) is 12.8 Å². The van der Waals surface area contributed by atoms with Crippen molar-refractivity contribution in [3.63, 3.8) is 0 Å². The van der Waals surface area contributed by atoms with Gasteiger partial charge >= 0.3 is 0 Å². The molecular formula is C29H34N6O2. The summed E-state index contributed by atoms with van der Waals surface area (Å²) in [5, 5.41) is 1.13. The van der Waals surface area contributed by atoms with E-state index < -0.39 is 0 Å². The molecule has 3 fully saturated rings. The minimum atomic E-state index is -0.230. The molecule has 7 rings (SSSR count). The van der Waals surface area contributed by atoms with Crippen LogP contribution in [0.15, 0.2) is 30.3 Å². The van der Waals surface area contributed by atoms with Crippen LogP contribution in [0.2, 0.25) is 0 Å². The highest BCUT2D eigenvalue weighted by Gasteiger charge is 2.48. The van der Waals surface area contributed by atoms with Gasteiger partial charge < -0.3 is 19.9 Å². The average Bonchev–Trinajstić information content (AvgIpc) is 3.23. The van der Waals surface area contributed by atoms with E-state index in [1.807, 2.05) is 21.4 Å². The van der Waals surface area contributed by atoms with E-state index >= 15 is 0 Å². The van der Waals surface area contributed by atoms with E-state index in [1.54, 1.807) is 7.11 Å². The number of aryl methyl sites for hydroxylation is 2. The zero-order chi connectivity index (χ0) is 25.5. The Morgan fingerprint density at radius 3 is 2.70 bits per heavy atom. The van der Waals surface area contributed by atoms with Gasteiger partial charge in [-0.15, -0.1) is 0 Å². The number of rotatable bonds is 6. The first-order valence-electron chi connectivity index (χ1n) is 13.5. The van der Waals surface area contributed by atoms with Crippen molar-refractivity contribution in [3.8, 4) is 17.3 Å². The summed E-state index contributed by atoms with van der Waals surface area (Å²) in [5.41, 5.74) is 12.7. The fourth-order valence-corrected chi connectivity index (χ4v) is 6.50. The van der Waals surface area contributed by atoms with Crippen molar-refractivity contribution in [1.29, 1.82) is 0 Å². The molecule has 2 aliphatic carbocycles. The van der Waals surface area contributed by atoms with Crippen LogP contribution >= 0.6 is 0 Å². The van der Waals surface area contributed by atoms with Gasteiger partial charge in [0.15, 0.2) is 5.88 Å². The Labute approximate surface area is 216 Å². The second kappa shape index (κ2) is 8.05. The zero-order valence-electron chi connectivity index (χ0n) is 21.8. The highest BCUT2D eigenvalue weighted by atomic mass is 16.5. The molecule has 0 spiro atoms. The van der Waals surface area contributed by atoms with Gasteiger partial charge in [-0.05, 0) is 75.6 Å². The number of carbonyl (C=O) groups is 1. The number of pyridine rings is 2. The summed E-state index contributed by atoms with van der Waals surface area (Å²) in [6.45, 7) is 5.78. The SMILES string of the molecule is CCc1ccc2cc(-c3nc4cc(C(=O)N5C[C@@]6(N)CC[C@@H]5C6)cc(OC)n4c3C)n(CC3CC3)c2n1. The number of methoxy groups -OCH3 is 1. The summed E-state index contributed by atoms with van der Waals surface area (Å²) in [4.78, 5) is 25.6. The molecule has 4 aromatic heterocycles. The minimum Gasteiger partial charge on any atom is -0.482 e. The second-order valence-corrected chi connectivity index (χ2v) is 11.4. The lowest BCUT2D eigenvalue weighted by atomic mass is 10.0. The topological polar surface area (TPSA) is 90.7 Å². The summed E-state index contributed by atoms with van der Waals surface area (Å²) >= 11 is 0. The molecule has 3 aliphatic rings. The van der Waals surface area contributed by atoms with Gasteiger partial charge in [0.2, 0.25) is 0 Å². The number of nitrogens with zero attached hydrogens (tertiary/aromatic N) is 5. The van der Waals surface area contributed by atoms with Crippen molar-refractivity contribution in [2.75, 3.05) is 13.7 Å². The fraction of sp³-hybridized carbons (Fsp3) is 0.483. The van der Waals surface area contributed by atoms with Crippen molar-refractivity contribution in [1.82, 2.24) is 23.8 Å². The number of fused-ring (bicyclic) bond motifs is 4. The van der Waals surface area contributed by atoms with Crippen molar-refractivity contribution in [2.45, 2.75) is 70.5 Å². The molecule has 2 N–H and O–H groups in total. The number of piperidine rings is 1.